The van der Waals surface area contributed by atoms with Crippen molar-refractivity contribution in [1.82, 2.24) is 5.32 Å². The molecule has 1 amide bonds. The van der Waals surface area contributed by atoms with Crippen LogP contribution in [0.25, 0.3) is 0 Å². The molecule has 0 aliphatic carbocycles. The first-order chi connectivity index (χ1) is 11.7. The fourth-order valence-corrected chi connectivity index (χ4v) is 1.77. The van der Waals surface area contributed by atoms with Gasteiger partial charge in [0.1, 0.15) is 23.6 Å². The molecule has 0 radical (unpaired) electrons. The summed E-state index contributed by atoms with van der Waals surface area (Å²) >= 11 is 0. The van der Waals surface area contributed by atoms with Crippen LogP contribution in [0.3, 0.4) is 0 Å². The van der Waals surface area contributed by atoms with Crippen LogP contribution in [0.4, 0.5) is 5.69 Å². The minimum atomic E-state index is -0.263. The van der Waals surface area contributed by atoms with Crippen LogP contribution in [0.1, 0.15) is 10.4 Å². The summed E-state index contributed by atoms with van der Waals surface area (Å²) in [6.45, 7) is 0. The van der Waals surface area contributed by atoms with Gasteiger partial charge in [-0.1, -0.05) is 6.07 Å². The molecule has 2 N–H and O–H groups in total. The van der Waals surface area contributed by atoms with Gasteiger partial charge in [-0.05, 0) is 42.5 Å². The Morgan fingerprint density at radius 3 is 2.42 bits per heavy atom. The Bertz CT molecular complexity index is 829. The van der Waals surface area contributed by atoms with Crippen LogP contribution in [0, 0.1) is 22.7 Å². The van der Waals surface area contributed by atoms with Crippen LogP contribution in [0.15, 0.2) is 53.6 Å². The number of nitrogens with zero attached hydrogens (tertiary/aromatic N) is 3. The molecular formula is C17H13N5O2. The van der Waals surface area contributed by atoms with Gasteiger partial charge in [0.2, 0.25) is 5.71 Å². The van der Waals surface area contributed by atoms with Gasteiger partial charge < -0.3 is 10.1 Å². The number of hydrogen-bond acceptors (Lipinski definition) is 6. The number of carbonyl (C=O) groups is 1. The van der Waals surface area contributed by atoms with Gasteiger partial charge in [0.25, 0.3) is 5.91 Å². The Morgan fingerprint density at radius 2 is 1.79 bits per heavy atom. The highest BCUT2D eigenvalue weighted by atomic mass is 16.5. The summed E-state index contributed by atoms with van der Waals surface area (Å²) in [6.07, 6.45) is 0. The van der Waals surface area contributed by atoms with Gasteiger partial charge in [-0.15, -0.1) is 0 Å². The molecule has 0 saturated heterocycles. The minimum absolute atomic E-state index is 0.191. The van der Waals surface area contributed by atoms with Gasteiger partial charge in [0.15, 0.2) is 0 Å². The molecular weight excluding hydrogens is 306 g/mol. The van der Waals surface area contributed by atoms with Crippen molar-refractivity contribution in [3.63, 3.8) is 0 Å². The lowest BCUT2D eigenvalue weighted by Gasteiger charge is -2.08. The number of benzene rings is 2. The molecule has 0 aromatic heterocycles. The largest absolute Gasteiger partial charge is 0.457 e. The monoisotopic (exact) mass is 319 g/mol. The second kappa shape index (κ2) is 7.97. The topological polar surface area (TPSA) is 110 Å². The molecule has 2 aromatic rings. The Labute approximate surface area is 138 Å². The molecule has 118 valence electrons. The zero-order valence-electron chi connectivity index (χ0n) is 12.8. The Kier molecular flexibility index (Phi) is 5.49. The van der Waals surface area contributed by atoms with E-state index in [0.29, 0.717) is 22.7 Å². The van der Waals surface area contributed by atoms with Gasteiger partial charge in [0, 0.05) is 12.6 Å². The van der Waals surface area contributed by atoms with E-state index < -0.39 is 0 Å². The molecule has 7 nitrogen and oxygen atoms in total. The molecule has 0 aliphatic heterocycles. The molecule has 0 fully saturated rings. The molecule has 7 heteroatoms. The van der Waals surface area contributed by atoms with Gasteiger partial charge in [-0.3, -0.25) is 10.2 Å². The van der Waals surface area contributed by atoms with Crippen molar-refractivity contribution in [3.8, 4) is 23.6 Å². The molecule has 2 aromatic carbocycles. The first-order valence-electron chi connectivity index (χ1n) is 6.90. The van der Waals surface area contributed by atoms with Crippen molar-refractivity contribution in [2.24, 2.45) is 5.10 Å². The van der Waals surface area contributed by atoms with E-state index in [1.54, 1.807) is 67.7 Å². The lowest BCUT2D eigenvalue weighted by molar-refractivity contribution is 0.0963. The molecule has 24 heavy (non-hydrogen) atoms. The highest BCUT2D eigenvalue weighted by molar-refractivity contribution is 6.10. The lowest BCUT2D eigenvalue weighted by atomic mass is 10.2. The van der Waals surface area contributed by atoms with E-state index in [0.717, 1.165) is 0 Å². The van der Waals surface area contributed by atoms with Crippen LogP contribution in [-0.4, -0.2) is 18.7 Å². The molecule has 2 rings (SSSR count). The number of carbonyl (C=O) groups excluding carboxylic acids is 1. The number of hydrazone groups is 1. The Balaban J connectivity index is 2.07. The van der Waals surface area contributed by atoms with Crippen molar-refractivity contribution in [2.75, 3.05) is 12.5 Å². The standard InChI is InChI=1S/C17H13N5O2/c1-20-17(23)12-3-2-4-16(9-12)24-15-7-5-13(6-8-15)21-22-14(10-18)11-19/h2-9,21H,1H3,(H,20,23). The van der Waals surface area contributed by atoms with Gasteiger partial charge in [-0.2, -0.15) is 15.6 Å². The van der Waals surface area contributed by atoms with Crippen molar-refractivity contribution in [2.45, 2.75) is 0 Å². The summed E-state index contributed by atoms with van der Waals surface area (Å²) in [7, 11) is 1.56. The van der Waals surface area contributed by atoms with Crippen molar-refractivity contribution in [3.05, 3.63) is 54.1 Å². The highest BCUT2D eigenvalue weighted by Crippen LogP contribution is 2.23. The Morgan fingerprint density at radius 1 is 1.08 bits per heavy atom. The normalized spacial score (nSPS) is 9.12. The summed E-state index contributed by atoms with van der Waals surface area (Å²) in [5.74, 6) is 0.911. The van der Waals surface area contributed by atoms with Crippen molar-refractivity contribution in [1.29, 1.82) is 10.5 Å². The van der Waals surface area contributed by atoms with Gasteiger partial charge in [0.05, 0.1) is 5.69 Å². The number of hydrogen-bond donors (Lipinski definition) is 2. The summed E-state index contributed by atoms with van der Waals surface area (Å²) in [5, 5.41) is 23.4. The van der Waals surface area contributed by atoms with E-state index in [1.165, 1.54) is 0 Å². The lowest BCUT2D eigenvalue weighted by Crippen LogP contribution is -2.17. The quantitative estimate of drug-likeness (QED) is 0.650. The minimum Gasteiger partial charge on any atom is -0.457 e. The second-order valence-corrected chi connectivity index (χ2v) is 4.53. The average Bonchev–Trinajstić information content (AvgIpc) is 2.63. The van der Waals surface area contributed by atoms with Crippen LogP contribution < -0.4 is 15.5 Å². The predicted molar refractivity (Wildman–Crippen MR) is 88.6 cm³/mol. The maximum absolute atomic E-state index is 11.6. The third-order valence-corrected chi connectivity index (χ3v) is 2.92. The SMILES string of the molecule is CNC(=O)c1cccc(Oc2ccc(NN=C(C#N)C#N)cc2)c1. The number of amides is 1. The second-order valence-electron chi connectivity index (χ2n) is 4.53. The third kappa shape index (κ3) is 4.33. The molecule has 0 spiro atoms. The maximum Gasteiger partial charge on any atom is 0.251 e. The Hall–Kier alpha value is -3.84. The van der Waals surface area contributed by atoms with Crippen molar-refractivity contribution < 1.29 is 9.53 Å². The zero-order valence-corrected chi connectivity index (χ0v) is 12.8. The van der Waals surface area contributed by atoms with Gasteiger partial charge in [-0.25, -0.2) is 0 Å². The zero-order chi connectivity index (χ0) is 17.4. The number of nitriles is 2. The van der Waals surface area contributed by atoms with Crippen molar-refractivity contribution >= 4 is 17.3 Å². The molecule has 0 heterocycles. The predicted octanol–water partition coefficient (Wildman–Crippen LogP) is 2.65. The number of ether oxygens (including phenoxy) is 1. The van der Waals surface area contributed by atoms with Crippen LogP contribution >= 0.6 is 0 Å². The molecule has 0 bridgehead atoms. The average molecular weight is 319 g/mol. The van der Waals surface area contributed by atoms with E-state index in [1.807, 2.05) is 0 Å². The summed E-state index contributed by atoms with van der Waals surface area (Å²) in [4.78, 5) is 11.6. The smallest absolute Gasteiger partial charge is 0.251 e. The van der Waals surface area contributed by atoms with E-state index in [9.17, 15) is 4.79 Å². The highest BCUT2D eigenvalue weighted by Gasteiger charge is 2.05. The number of nitrogens with one attached hydrogen (secondary N) is 2. The van der Waals surface area contributed by atoms with Crippen LogP contribution in [-0.2, 0) is 0 Å². The first kappa shape index (κ1) is 16.5. The fourth-order valence-electron chi connectivity index (χ4n) is 1.77. The summed E-state index contributed by atoms with van der Waals surface area (Å²) in [5.41, 5.74) is 3.45. The van der Waals surface area contributed by atoms with E-state index in [4.69, 9.17) is 15.3 Å². The van der Waals surface area contributed by atoms with Gasteiger partial charge >= 0.3 is 0 Å². The summed E-state index contributed by atoms with van der Waals surface area (Å²) < 4.78 is 5.69. The molecule has 0 unspecified atom stereocenters. The maximum atomic E-state index is 11.6. The molecule has 0 aliphatic rings. The van der Waals surface area contributed by atoms with E-state index >= 15 is 0 Å². The van der Waals surface area contributed by atoms with Crippen LogP contribution in [0.2, 0.25) is 0 Å². The molecule has 0 saturated carbocycles. The third-order valence-electron chi connectivity index (χ3n) is 2.92. The molecule has 0 atom stereocenters. The van der Waals surface area contributed by atoms with E-state index in [2.05, 4.69) is 15.8 Å². The summed E-state index contributed by atoms with van der Waals surface area (Å²) in [6, 6.07) is 16.9. The first-order valence-corrected chi connectivity index (χ1v) is 6.90. The van der Waals surface area contributed by atoms with E-state index in [-0.39, 0.29) is 11.6 Å². The van der Waals surface area contributed by atoms with Crippen LogP contribution in [0.5, 0.6) is 11.5 Å². The number of rotatable bonds is 5. The fraction of sp³-hybridized carbons (Fsp3) is 0.0588. The number of anilines is 1.